The molecule has 4 nitrogen and oxygen atoms in total. The largest absolute Gasteiger partial charge is 0.346 e. The number of benzene rings is 1. The second kappa shape index (κ2) is 5.47. The fourth-order valence-corrected chi connectivity index (χ4v) is 2.29. The minimum atomic E-state index is -0.322. The van der Waals surface area contributed by atoms with Gasteiger partial charge in [-0.1, -0.05) is 18.2 Å². The molecule has 1 heterocycles. The predicted molar refractivity (Wildman–Crippen MR) is 73.5 cm³/mol. The Morgan fingerprint density at radius 2 is 2.22 bits per heavy atom. The monoisotopic (exact) mass is 359 g/mol. The van der Waals surface area contributed by atoms with Gasteiger partial charge in [0.15, 0.2) is 0 Å². The lowest BCUT2D eigenvalue weighted by Gasteiger charge is -2.06. The summed E-state index contributed by atoms with van der Waals surface area (Å²) in [6, 6.07) is 6.36. The molecule has 2 rings (SSSR count). The highest BCUT2D eigenvalue weighted by molar-refractivity contribution is 14.1. The molecule has 1 aromatic heterocycles. The van der Waals surface area contributed by atoms with E-state index in [0.29, 0.717) is 11.3 Å². The van der Waals surface area contributed by atoms with Crippen molar-refractivity contribution in [2.24, 2.45) is 7.05 Å². The van der Waals surface area contributed by atoms with Crippen molar-refractivity contribution in [3.8, 4) is 0 Å². The molecule has 0 radical (unpaired) electrons. The number of carbonyl (C=O) groups excluding carboxylic acids is 1. The number of nitrogens with one attached hydrogen (secondary N) is 1. The highest BCUT2D eigenvalue weighted by Crippen LogP contribution is 2.11. The summed E-state index contributed by atoms with van der Waals surface area (Å²) in [5, 5.41) is 6.66. The van der Waals surface area contributed by atoms with Crippen molar-refractivity contribution in [3.05, 3.63) is 51.1 Å². The van der Waals surface area contributed by atoms with E-state index in [1.54, 1.807) is 31.4 Å². The van der Waals surface area contributed by atoms with Crippen molar-refractivity contribution >= 4 is 28.5 Å². The quantitative estimate of drug-likeness (QED) is 0.854. The number of hydrogen-bond donors (Lipinski definition) is 1. The molecule has 0 atom stereocenters. The Morgan fingerprint density at radius 3 is 2.83 bits per heavy atom. The molecule has 0 saturated heterocycles. The van der Waals surface area contributed by atoms with E-state index < -0.39 is 0 Å². The minimum Gasteiger partial charge on any atom is -0.346 e. The zero-order chi connectivity index (χ0) is 13.1. The highest BCUT2D eigenvalue weighted by atomic mass is 127. The van der Waals surface area contributed by atoms with E-state index in [9.17, 15) is 9.18 Å². The lowest BCUT2D eigenvalue weighted by Crippen LogP contribution is -2.26. The molecule has 0 bridgehead atoms. The molecule has 1 N–H and O–H groups in total. The van der Waals surface area contributed by atoms with Crippen LogP contribution in [0.3, 0.4) is 0 Å². The third-order valence-electron chi connectivity index (χ3n) is 2.51. The zero-order valence-electron chi connectivity index (χ0n) is 9.65. The Bertz CT molecular complexity index is 563. The summed E-state index contributed by atoms with van der Waals surface area (Å²) in [7, 11) is 1.69. The SMILES string of the molecule is Cn1ncc(I)c1C(=O)NCc1ccccc1F. The average Bonchev–Trinajstić information content (AvgIpc) is 2.68. The van der Waals surface area contributed by atoms with Crippen molar-refractivity contribution in [3.63, 3.8) is 0 Å². The topological polar surface area (TPSA) is 46.9 Å². The molecule has 0 unspecified atom stereocenters. The van der Waals surface area contributed by atoms with Gasteiger partial charge in [-0.2, -0.15) is 5.10 Å². The van der Waals surface area contributed by atoms with Gasteiger partial charge >= 0.3 is 0 Å². The molecule has 0 saturated carbocycles. The van der Waals surface area contributed by atoms with Crippen LogP contribution in [-0.4, -0.2) is 15.7 Å². The number of aromatic nitrogens is 2. The van der Waals surface area contributed by atoms with Gasteiger partial charge < -0.3 is 5.32 Å². The van der Waals surface area contributed by atoms with Crippen molar-refractivity contribution in [1.29, 1.82) is 0 Å². The summed E-state index contributed by atoms with van der Waals surface area (Å²) in [4.78, 5) is 11.9. The van der Waals surface area contributed by atoms with E-state index in [2.05, 4.69) is 10.4 Å². The number of hydrogen-bond acceptors (Lipinski definition) is 2. The predicted octanol–water partition coefficient (Wildman–Crippen LogP) is 2.09. The molecule has 1 aromatic carbocycles. The third kappa shape index (κ3) is 2.69. The molecule has 0 aliphatic rings. The summed E-state index contributed by atoms with van der Waals surface area (Å²) in [5.74, 6) is -0.583. The standard InChI is InChI=1S/C12H11FIN3O/c1-17-11(10(14)7-16-17)12(18)15-6-8-4-2-3-5-9(8)13/h2-5,7H,6H2,1H3,(H,15,18). The van der Waals surface area contributed by atoms with Gasteiger partial charge in [-0.25, -0.2) is 4.39 Å². The van der Waals surface area contributed by atoms with E-state index >= 15 is 0 Å². The lowest BCUT2D eigenvalue weighted by molar-refractivity contribution is 0.0940. The maximum Gasteiger partial charge on any atom is 0.270 e. The van der Waals surface area contributed by atoms with Crippen LogP contribution in [0, 0.1) is 9.39 Å². The second-order valence-electron chi connectivity index (χ2n) is 3.74. The van der Waals surface area contributed by atoms with Gasteiger partial charge in [-0.3, -0.25) is 9.48 Å². The van der Waals surface area contributed by atoms with E-state index in [4.69, 9.17) is 0 Å². The van der Waals surface area contributed by atoms with Crippen molar-refractivity contribution in [2.45, 2.75) is 6.54 Å². The Hall–Kier alpha value is -1.44. The van der Waals surface area contributed by atoms with Crippen LogP contribution in [0.2, 0.25) is 0 Å². The number of carbonyl (C=O) groups is 1. The Morgan fingerprint density at radius 1 is 1.50 bits per heavy atom. The van der Waals surface area contributed by atoms with Crippen LogP contribution in [-0.2, 0) is 13.6 Å². The van der Waals surface area contributed by atoms with E-state index in [1.807, 2.05) is 22.6 Å². The van der Waals surface area contributed by atoms with Gasteiger partial charge in [0.05, 0.1) is 9.77 Å². The first kappa shape index (κ1) is 13.0. The molecular formula is C12H11FIN3O. The van der Waals surface area contributed by atoms with Crippen molar-refractivity contribution in [1.82, 2.24) is 15.1 Å². The zero-order valence-corrected chi connectivity index (χ0v) is 11.8. The molecule has 94 valence electrons. The van der Waals surface area contributed by atoms with Crippen LogP contribution in [0.25, 0.3) is 0 Å². The van der Waals surface area contributed by atoms with Gasteiger partial charge in [0, 0.05) is 19.2 Å². The van der Waals surface area contributed by atoms with E-state index in [1.165, 1.54) is 10.7 Å². The maximum atomic E-state index is 13.4. The van der Waals surface area contributed by atoms with Gasteiger partial charge in [-0.05, 0) is 28.7 Å². The van der Waals surface area contributed by atoms with Gasteiger partial charge in [-0.15, -0.1) is 0 Å². The first-order chi connectivity index (χ1) is 8.59. The summed E-state index contributed by atoms with van der Waals surface area (Å²) in [6.07, 6.45) is 1.61. The van der Waals surface area contributed by atoms with Crippen LogP contribution < -0.4 is 5.32 Å². The second-order valence-corrected chi connectivity index (χ2v) is 4.90. The molecule has 18 heavy (non-hydrogen) atoms. The molecule has 0 fully saturated rings. The smallest absolute Gasteiger partial charge is 0.270 e. The molecule has 2 aromatic rings. The van der Waals surface area contributed by atoms with Crippen molar-refractivity contribution in [2.75, 3.05) is 0 Å². The van der Waals surface area contributed by atoms with Crippen molar-refractivity contribution < 1.29 is 9.18 Å². The number of rotatable bonds is 3. The third-order valence-corrected chi connectivity index (χ3v) is 3.30. The fraction of sp³-hybridized carbons (Fsp3) is 0.167. The van der Waals surface area contributed by atoms with Crippen LogP contribution >= 0.6 is 22.6 Å². The number of halogens is 2. The minimum absolute atomic E-state index is 0.159. The van der Waals surface area contributed by atoms with Gasteiger partial charge in [0.2, 0.25) is 0 Å². The number of aryl methyl sites for hydroxylation is 1. The summed E-state index contributed by atoms with van der Waals surface area (Å²) in [5.41, 5.74) is 0.940. The fourth-order valence-electron chi connectivity index (χ4n) is 1.57. The average molecular weight is 359 g/mol. The van der Waals surface area contributed by atoms with E-state index in [0.717, 1.165) is 3.57 Å². The Labute approximate surface area is 117 Å². The molecular weight excluding hydrogens is 348 g/mol. The summed E-state index contributed by atoms with van der Waals surface area (Å²) in [6.45, 7) is 0.159. The summed E-state index contributed by atoms with van der Waals surface area (Å²) < 4.78 is 15.6. The molecule has 0 spiro atoms. The molecule has 6 heteroatoms. The number of nitrogens with zero attached hydrogens (tertiary/aromatic N) is 2. The van der Waals surface area contributed by atoms with Crippen LogP contribution in [0.4, 0.5) is 4.39 Å². The maximum absolute atomic E-state index is 13.4. The Balaban J connectivity index is 2.08. The van der Waals surface area contributed by atoms with Gasteiger partial charge in [0.25, 0.3) is 5.91 Å². The molecule has 0 aliphatic carbocycles. The lowest BCUT2D eigenvalue weighted by atomic mass is 10.2. The van der Waals surface area contributed by atoms with Crippen LogP contribution in [0.15, 0.2) is 30.5 Å². The first-order valence-corrected chi connectivity index (χ1v) is 6.36. The Kier molecular flexibility index (Phi) is 3.95. The van der Waals surface area contributed by atoms with E-state index in [-0.39, 0.29) is 18.3 Å². The van der Waals surface area contributed by atoms with Gasteiger partial charge in [0.1, 0.15) is 11.5 Å². The molecule has 1 amide bonds. The highest BCUT2D eigenvalue weighted by Gasteiger charge is 2.15. The molecule has 0 aliphatic heterocycles. The number of amides is 1. The normalized spacial score (nSPS) is 10.4. The van der Waals surface area contributed by atoms with Crippen LogP contribution in [0.5, 0.6) is 0 Å². The van der Waals surface area contributed by atoms with Crippen LogP contribution in [0.1, 0.15) is 16.1 Å². The summed E-state index contributed by atoms with van der Waals surface area (Å²) >= 11 is 2.04. The first-order valence-electron chi connectivity index (χ1n) is 5.28.